The van der Waals surface area contributed by atoms with Crippen LogP contribution in [0.4, 0.5) is 11.4 Å². The third kappa shape index (κ3) is 2.86. The van der Waals surface area contributed by atoms with Crippen molar-refractivity contribution in [2.75, 3.05) is 16.8 Å². The average molecular weight is 357 g/mol. The van der Waals surface area contributed by atoms with Gasteiger partial charge in [-0.05, 0) is 36.5 Å². The third-order valence-corrected chi connectivity index (χ3v) is 5.43. The van der Waals surface area contributed by atoms with Gasteiger partial charge in [-0.1, -0.05) is 30.0 Å². The smallest absolute Gasteiger partial charge is 0.265 e. The fourth-order valence-corrected chi connectivity index (χ4v) is 4.14. The molecule has 2 aliphatic heterocycles. The lowest BCUT2D eigenvalue weighted by atomic mass is 10.1. The highest BCUT2D eigenvalue weighted by atomic mass is 32.1. The molecule has 0 bridgehead atoms. The number of carbonyl (C=O) groups is 2. The lowest BCUT2D eigenvalue weighted by molar-refractivity contribution is -0.117. The minimum absolute atomic E-state index is 0.0124. The molecule has 0 saturated carbocycles. The normalized spacial score (nSPS) is 21.5. The van der Waals surface area contributed by atoms with Gasteiger partial charge in [0.15, 0.2) is 0 Å². The Balaban J connectivity index is 1.50. The van der Waals surface area contributed by atoms with E-state index in [2.05, 4.69) is 25.1 Å². The van der Waals surface area contributed by atoms with Crippen LogP contribution in [0.2, 0.25) is 0 Å². The van der Waals surface area contributed by atoms with Gasteiger partial charge in [-0.15, -0.1) is 5.10 Å². The van der Waals surface area contributed by atoms with Gasteiger partial charge in [-0.3, -0.25) is 9.59 Å². The minimum Gasteiger partial charge on any atom is -0.356 e. The SMILES string of the molecule is CCCc1nnsc1C(=O)NC1CC2C(=O)Nc3ccccc3N2C1. The molecule has 3 heterocycles. The molecule has 2 aromatic rings. The first kappa shape index (κ1) is 16.0. The minimum atomic E-state index is -0.241. The highest BCUT2D eigenvalue weighted by Gasteiger charge is 2.41. The van der Waals surface area contributed by atoms with Crippen LogP contribution < -0.4 is 15.5 Å². The van der Waals surface area contributed by atoms with Crippen LogP contribution in [0.5, 0.6) is 0 Å². The molecule has 1 saturated heterocycles. The van der Waals surface area contributed by atoms with E-state index in [-0.39, 0.29) is 23.9 Å². The zero-order valence-corrected chi connectivity index (χ0v) is 14.7. The van der Waals surface area contributed by atoms with Gasteiger partial charge < -0.3 is 15.5 Å². The fraction of sp³-hybridized carbons (Fsp3) is 0.412. The number of aromatic nitrogens is 2. The van der Waals surface area contributed by atoms with Gasteiger partial charge >= 0.3 is 0 Å². The molecular weight excluding hydrogens is 338 g/mol. The van der Waals surface area contributed by atoms with Crippen LogP contribution in [-0.2, 0) is 11.2 Å². The predicted molar refractivity (Wildman–Crippen MR) is 96.0 cm³/mol. The standard InChI is InChI=1S/C17H19N5O2S/c1-2-5-12-15(25-21-20-12)17(24)18-10-8-14-16(23)19-11-6-3-4-7-13(11)22(14)9-10/h3-4,6-7,10,14H,2,5,8-9H2,1H3,(H,18,24)(H,19,23). The number of nitrogens with one attached hydrogen (secondary N) is 2. The number of hydrogen-bond acceptors (Lipinski definition) is 6. The fourth-order valence-electron chi connectivity index (χ4n) is 3.53. The number of anilines is 2. The number of amides is 2. The average Bonchev–Trinajstić information content (AvgIpc) is 3.22. The van der Waals surface area contributed by atoms with Crippen LogP contribution in [0.3, 0.4) is 0 Å². The first-order chi connectivity index (χ1) is 12.2. The molecule has 4 rings (SSSR count). The number of aryl methyl sites for hydroxylation is 1. The Bertz CT molecular complexity index is 821. The van der Waals surface area contributed by atoms with Crippen molar-refractivity contribution < 1.29 is 9.59 Å². The van der Waals surface area contributed by atoms with Gasteiger partial charge in [0.25, 0.3) is 5.91 Å². The number of nitrogens with zero attached hydrogens (tertiary/aromatic N) is 3. The molecule has 2 aliphatic rings. The first-order valence-electron chi connectivity index (χ1n) is 8.46. The molecule has 2 atom stereocenters. The van der Waals surface area contributed by atoms with E-state index in [1.165, 1.54) is 0 Å². The summed E-state index contributed by atoms with van der Waals surface area (Å²) in [5.74, 6) is -0.154. The van der Waals surface area contributed by atoms with Crippen molar-refractivity contribution in [1.29, 1.82) is 0 Å². The van der Waals surface area contributed by atoms with E-state index in [1.807, 2.05) is 31.2 Å². The van der Waals surface area contributed by atoms with Crippen molar-refractivity contribution in [2.45, 2.75) is 38.3 Å². The molecule has 8 heteroatoms. The van der Waals surface area contributed by atoms with E-state index in [9.17, 15) is 9.59 Å². The Morgan fingerprint density at radius 1 is 1.44 bits per heavy atom. The predicted octanol–water partition coefficient (Wildman–Crippen LogP) is 1.82. The lowest BCUT2D eigenvalue weighted by Crippen LogP contribution is -2.44. The summed E-state index contributed by atoms with van der Waals surface area (Å²) in [4.78, 5) is 27.6. The number of hydrogen-bond donors (Lipinski definition) is 2. The van der Waals surface area contributed by atoms with Crippen LogP contribution in [0.15, 0.2) is 24.3 Å². The van der Waals surface area contributed by atoms with Crippen LogP contribution in [0, 0.1) is 0 Å². The van der Waals surface area contributed by atoms with E-state index < -0.39 is 0 Å². The van der Waals surface area contributed by atoms with Crippen molar-refractivity contribution >= 4 is 34.7 Å². The molecule has 0 radical (unpaired) electrons. The molecule has 130 valence electrons. The number of carbonyl (C=O) groups excluding carboxylic acids is 2. The molecule has 2 unspecified atom stereocenters. The van der Waals surface area contributed by atoms with E-state index in [0.29, 0.717) is 17.8 Å². The molecule has 25 heavy (non-hydrogen) atoms. The summed E-state index contributed by atoms with van der Waals surface area (Å²) in [5.41, 5.74) is 2.59. The maximum absolute atomic E-state index is 12.6. The quantitative estimate of drug-likeness (QED) is 0.872. The number of benzene rings is 1. The number of para-hydroxylation sites is 2. The lowest BCUT2D eigenvalue weighted by Gasteiger charge is -2.32. The van der Waals surface area contributed by atoms with Crippen LogP contribution in [-0.4, -0.2) is 40.0 Å². The Morgan fingerprint density at radius 3 is 3.12 bits per heavy atom. The summed E-state index contributed by atoms with van der Waals surface area (Å²) < 4.78 is 3.91. The summed E-state index contributed by atoms with van der Waals surface area (Å²) in [6.07, 6.45) is 2.26. The molecule has 7 nitrogen and oxygen atoms in total. The summed E-state index contributed by atoms with van der Waals surface area (Å²) in [6, 6.07) is 7.44. The van der Waals surface area contributed by atoms with Crippen molar-refractivity contribution in [2.24, 2.45) is 0 Å². The second kappa shape index (κ2) is 6.44. The molecule has 1 fully saturated rings. The second-order valence-corrected chi connectivity index (χ2v) is 7.13. The van der Waals surface area contributed by atoms with Crippen molar-refractivity contribution in [3.63, 3.8) is 0 Å². The maximum atomic E-state index is 12.6. The first-order valence-corrected chi connectivity index (χ1v) is 9.23. The Kier molecular flexibility index (Phi) is 4.12. The third-order valence-electron chi connectivity index (χ3n) is 4.66. The molecular formula is C17H19N5O2S. The molecule has 2 amide bonds. The number of fused-ring (bicyclic) bond motifs is 3. The van der Waals surface area contributed by atoms with Gasteiger partial charge in [-0.2, -0.15) is 0 Å². The summed E-state index contributed by atoms with van der Waals surface area (Å²) >= 11 is 1.13. The van der Waals surface area contributed by atoms with Gasteiger partial charge in [-0.25, -0.2) is 0 Å². The molecule has 0 spiro atoms. The van der Waals surface area contributed by atoms with Crippen LogP contribution >= 0.6 is 11.5 Å². The molecule has 1 aromatic carbocycles. The summed E-state index contributed by atoms with van der Waals surface area (Å²) in [7, 11) is 0. The van der Waals surface area contributed by atoms with E-state index in [1.54, 1.807) is 0 Å². The highest BCUT2D eigenvalue weighted by Crippen LogP contribution is 2.36. The van der Waals surface area contributed by atoms with Gasteiger partial charge in [0.1, 0.15) is 10.9 Å². The second-order valence-electron chi connectivity index (χ2n) is 6.38. The zero-order valence-electron chi connectivity index (χ0n) is 13.9. The monoisotopic (exact) mass is 357 g/mol. The molecule has 1 aromatic heterocycles. The van der Waals surface area contributed by atoms with E-state index >= 15 is 0 Å². The van der Waals surface area contributed by atoms with Crippen LogP contribution in [0.1, 0.15) is 35.1 Å². The van der Waals surface area contributed by atoms with Gasteiger partial charge in [0, 0.05) is 12.6 Å². The topological polar surface area (TPSA) is 87.2 Å². The number of rotatable bonds is 4. The Labute approximate surface area is 149 Å². The van der Waals surface area contributed by atoms with E-state index in [0.717, 1.165) is 41.4 Å². The highest BCUT2D eigenvalue weighted by molar-refractivity contribution is 7.08. The summed E-state index contributed by atoms with van der Waals surface area (Å²) in [5, 5.41) is 10.1. The van der Waals surface area contributed by atoms with Gasteiger partial charge in [0.2, 0.25) is 5.91 Å². The molecule has 2 N–H and O–H groups in total. The Hall–Kier alpha value is -2.48. The summed E-state index contributed by atoms with van der Waals surface area (Å²) in [6.45, 7) is 2.67. The molecule has 0 aliphatic carbocycles. The Morgan fingerprint density at radius 2 is 2.28 bits per heavy atom. The van der Waals surface area contributed by atoms with Gasteiger partial charge in [0.05, 0.1) is 17.1 Å². The maximum Gasteiger partial charge on any atom is 0.265 e. The zero-order chi connectivity index (χ0) is 17.4. The van der Waals surface area contributed by atoms with Crippen LogP contribution in [0.25, 0.3) is 0 Å². The van der Waals surface area contributed by atoms with Crippen molar-refractivity contribution in [3.05, 3.63) is 34.8 Å². The van der Waals surface area contributed by atoms with Crippen molar-refractivity contribution in [3.8, 4) is 0 Å². The van der Waals surface area contributed by atoms with Crippen molar-refractivity contribution in [1.82, 2.24) is 14.9 Å². The largest absolute Gasteiger partial charge is 0.356 e. The van der Waals surface area contributed by atoms with E-state index in [4.69, 9.17) is 0 Å².